The second-order valence-corrected chi connectivity index (χ2v) is 4.21. The summed E-state index contributed by atoms with van der Waals surface area (Å²) in [7, 11) is 1.49. The van der Waals surface area contributed by atoms with Gasteiger partial charge in [0.05, 0.1) is 6.61 Å². The Balaban J connectivity index is 2.53. The molecule has 0 aromatic heterocycles. The Bertz CT molecular complexity index is 461. The first-order valence-electron chi connectivity index (χ1n) is 6.26. The average Bonchev–Trinajstić information content (AvgIpc) is 2.40. The molecule has 1 unspecified atom stereocenters. The fraction of sp³-hybridized carbons (Fsp3) is 0.429. The highest BCUT2D eigenvalue weighted by atomic mass is 19.1. The molecule has 6 heteroatoms. The van der Waals surface area contributed by atoms with Gasteiger partial charge in [-0.2, -0.15) is 0 Å². The molecule has 0 bridgehead atoms. The first-order chi connectivity index (χ1) is 9.43. The summed E-state index contributed by atoms with van der Waals surface area (Å²) in [6.45, 7) is 3.39. The zero-order valence-electron chi connectivity index (χ0n) is 11.8. The highest BCUT2D eigenvalue weighted by Gasteiger charge is 2.21. The summed E-state index contributed by atoms with van der Waals surface area (Å²) in [5.41, 5.74) is 0. The molecule has 0 N–H and O–H groups in total. The third-order valence-corrected chi connectivity index (χ3v) is 2.52. The van der Waals surface area contributed by atoms with Gasteiger partial charge in [-0.25, -0.2) is 4.39 Å². The molecule has 1 aromatic rings. The lowest BCUT2D eigenvalue weighted by Gasteiger charge is -2.21. The van der Waals surface area contributed by atoms with Crippen molar-refractivity contribution in [1.82, 2.24) is 4.90 Å². The van der Waals surface area contributed by atoms with Gasteiger partial charge in [-0.15, -0.1) is 0 Å². The highest BCUT2D eigenvalue weighted by molar-refractivity contribution is 5.84. The minimum absolute atomic E-state index is 0.135. The van der Waals surface area contributed by atoms with Crippen molar-refractivity contribution in [2.75, 3.05) is 20.2 Å². The van der Waals surface area contributed by atoms with Crippen LogP contribution < -0.4 is 4.74 Å². The van der Waals surface area contributed by atoms with Gasteiger partial charge in [0.15, 0.2) is 6.10 Å². The molecule has 0 aliphatic carbocycles. The maximum atomic E-state index is 12.7. The summed E-state index contributed by atoms with van der Waals surface area (Å²) in [5.74, 6) is -0.827. The van der Waals surface area contributed by atoms with Gasteiger partial charge in [0.1, 0.15) is 18.1 Å². The molecule has 0 radical (unpaired) electrons. The monoisotopic (exact) mass is 283 g/mol. The van der Waals surface area contributed by atoms with Crippen LogP contribution in [0.1, 0.15) is 13.8 Å². The molecule has 1 rings (SSSR count). The van der Waals surface area contributed by atoms with E-state index in [1.54, 1.807) is 13.8 Å². The molecule has 1 amide bonds. The van der Waals surface area contributed by atoms with E-state index in [2.05, 4.69) is 0 Å². The minimum atomic E-state index is -0.778. The van der Waals surface area contributed by atoms with E-state index in [0.29, 0.717) is 5.75 Å². The van der Waals surface area contributed by atoms with Gasteiger partial charge in [-0.1, -0.05) is 0 Å². The number of halogens is 1. The van der Waals surface area contributed by atoms with Crippen LogP contribution >= 0.6 is 0 Å². The molecule has 0 saturated carbocycles. The lowest BCUT2D eigenvalue weighted by molar-refractivity contribution is -0.150. The van der Waals surface area contributed by atoms with Gasteiger partial charge in [-0.05, 0) is 38.1 Å². The Labute approximate surface area is 117 Å². The Hall–Kier alpha value is -2.11. The van der Waals surface area contributed by atoms with Crippen molar-refractivity contribution in [3.63, 3.8) is 0 Å². The number of likely N-dealkylation sites (N-methyl/N-ethyl adjacent to an activating group) is 1. The van der Waals surface area contributed by atoms with E-state index in [-0.39, 0.29) is 24.9 Å². The van der Waals surface area contributed by atoms with Crippen LogP contribution in [0.4, 0.5) is 4.39 Å². The molecule has 0 heterocycles. The molecule has 0 fully saturated rings. The predicted molar refractivity (Wildman–Crippen MR) is 70.8 cm³/mol. The van der Waals surface area contributed by atoms with Gasteiger partial charge in [0, 0.05) is 7.05 Å². The van der Waals surface area contributed by atoms with Gasteiger partial charge < -0.3 is 14.4 Å². The molecule has 1 atom stereocenters. The van der Waals surface area contributed by atoms with Gasteiger partial charge in [0.25, 0.3) is 5.91 Å². The first kappa shape index (κ1) is 15.9. The van der Waals surface area contributed by atoms with E-state index < -0.39 is 12.1 Å². The lowest BCUT2D eigenvalue weighted by Crippen LogP contribution is -2.41. The largest absolute Gasteiger partial charge is 0.481 e. The van der Waals surface area contributed by atoms with Gasteiger partial charge >= 0.3 is 5.97 Å². The van der Waals surface area contributed by atoms with Crippen molar-refractivity contribution in [2.24, 2.45) is 0 Å². The predicted octanol–water partition coefficient (Wildman–Crippen LogP) is 1.61. The van der Waals surface area contributed by atoms with Crippen molar-refractivity contribution in [1.29, 1.82) is 0 Å². The highest BCUT2D eigenvalue weighted by Crippen LogP contribution is 2.13. The van der Waals surface area contributed by atoms with E-state index in [1.165, 1.54) is 36.2 Å². The first-order valence-corrected chi connectivity index (χ1v) is 6.26. The SMILES string of the molecule is CCOC(=O)CN(C)C(=O)C(C)Oc1ccc(F)cc1. The number of hydrogen-bond acceptors (Lipinski definition) is 4. The van der Waals surface area contributed by atoms with Crippen molar-refractivity contribution in [3.05, 3.63) is 30.1 Å². The molecule has 0 saturated heterocycles. The van der Waals surface area contributed by atoms with E-state index in [0.717, 1.165) is 0 Å². The Morgan fingerprint density at radius 2 is 1.90 bits per heavy atom. The number of benzene rings is 1. The maximum absolute atomic E-state index is 12.7. The van der Waals surface area contributed by atoms with Crippen molar-refractivity contribution in [2.45, 2.75) is 20.0 Å². The number of esters is 1. The maximum Gasteiger partial charge on any atom is 0.325 e. The van der Waals surface area contributed by atoms with E-state index in [1.807, 2.05) is 0 Å². The van der Waals surface area contributed by atoms with Gasteiger partial charge in [0.2, 0.25) is 0 Å². The lowest BCUT2D eigenvalue weighted by atomic mass is 10.3. The van der Waals surface area contributed by atoms with Crippen LogP contribution in [0.15, 0.2) is 24.3 Å². The molecule has 0 aliphatic rings. The quantitative estimate of drug-likeness (QED) is 0.744. The van der Waals surface area contributed by atoms with E-state index in [9.17, 15) is 14.0 Å². The summed E-state index contributed by atoms with van der Waals surface area (Å²) in [6.07, 6.45) is -0.778. The molecule has 1 aromatic carbocycles. The molecule has 0 spiro atoms. The fourth-order valence-electron chi connectivity index (χ4n) is 1.56. The summed E-state index contributed by atoms with van der Waals surface area (Å²) >= 11 is 0. The number of hydrogen-bond donors (Lipinski definition) is 0. The summed E-state index contributed by atoms with van der Waals surface area (Å²) in [5, 5.41) is 0. The smallest absolute Gasteiger partial charge is 0.325 e. The molecule has 110 valence electrons. The molecule has 5 nitrogen and oxygen atoms in total. The molecule has 0 aliphatic heterocycles. The van der Waals surface area contributed by atoms with Crippen LogP contribution in [0.25, 0.3) is 0 Å². The zero-order chi connectivity index (χ0) is 15.1. The van der Waals surface area contributed by atoms with Crippen molar-refractivity contribution < 1.29 is 23.5 Å². The molecular formula is C14H18FNO4. The summed E-state index contributed by atoms with van der Waals surface area (Å²) < 4.78 is 22.9. The number of amides is 1. The number of nitrogens with zero attached hydrogens (tertiary/aromatic N) is 1. The van der Waals surface area contributed by atoms with Crippen LogP contribution in [0.2, 0.25) is 0 Å². The molecular weight excluding hydrogens is 265 g/mol. The van der Waals surface area contributed by atoms with Crippen LogP contribution in [-0.2, 0) is 14.3 Å². The number of rotatable bonds is 6. The van der Waals surface area contributed by atoms with E-state index in [4.69, 9.17) is 9.47 Å². The normalized spacial score (nSPS) is 11.6. The standard InChI is InChI=1S/C14H18FNO4/c1-4-19-13(17)9-16(3)14(18)10(2)20-12-7-5-11(15)6-8-12/h5-8,10H,4,9H2,1-3H3. The Kier molecular flexibility index (Phi) is 5.96. The Morgan fingerprint density at radius 3 is 2.45 bits per heavy atom. The average molecular weight is 283 g/mol. The van der Waals surface area contributed by atoms with Crippen LogP contribution in [0.5, 0.6) is 5.75 Å². The number of ether oxygens (including phenoxy) is 2. The zero-order valence-corrected chi connectivity index (χ0v) is 11.8. The second kappa shape index (κ2) is 7.47. The van der Waals surface area contributed by atoms with Gasteiger partial charge in [-0.3, -0.25) is 9.59 Å². The number of carbonyl (C=O) groups excluding carboxylic acids is 2. The second-order valence-electron chi connectivity index (χ2n) is 4.21. The van der Waals surface area contributed by atoms with Crippen LogP contribution in [-0.4, -0.2) is 43.1 Å². The van der Waals surface area contributed by atoms with Crippen LogP contribution in [0, 0.1) is 5.82 Å². The number of carbonyl (C=O) groups is 2. The third-order valence-electron chi connectivity index (χ3n) is 2.52. The van der Waals surface area contributed by atoms with E-state index >= 15 is 0 Å². The molecule has 20 heavy (non-hydrogen) atoms. The van der Waals surface area contributed by atoms with Crippen LogP contribution in [0.3, 0.4) is 0 Å². The Morgan fingerprint density at radius 1 is 1.30 bits per heavy atom. The summed E-state index contributed by atoms with van der Waals surface area (Å²) in [6, 6.07) is 5.36. The summed E-state index contributed by atoms with van der Waals surface area (Å²) in [4.78, 5) is 24.5. The minimum Gasteiger partial charge on any atom is -0.481 e. The van der Waals surface area contributed by atoms with Crippen molar-refractivity contribution in [3.8, 4) is 5.75 Å². The topological polar surface area (TPSA) is 55.8 Å². The van der Waals surface area contributed by atoms with Crippen molar-refractivity contribution >= 4 is 11.9 Å². The third kappa shape index (κ3) is 4.87. The fourth-order valence-corrected chi connectivity index (χ4v) is 1.56.